The minimum Gasteiger partial charge on any atom is -0.478 e. The number of carbonyl (C=O) groups excluding carboxylic acids is 1. The second-order valence-electron chi connectivity index (χ2n) is 5.10. The van der Waals surface area contributed by atoms with Crippen LogP contribution in [0, 0.1) is 0 Å². The van der Waals surface area contributed by atoms with Crippen LogP contribution in [0.4, 0.5) is 0 Å². The van der Waals surface area contributed by atoms with E-state index in [0.29, 0.717) is 24.2 Å². The Morgan fingerprint density at radius 3 is 2.67 bits per heavy atom. The van der Waals surface area contributed by atoms with Crippen molar-refractivity contribution in [2.75, 3.05) is 13.1 Å². The lowest BCUT2D eigenvalue weighted by molar-refractivity contribution is -0.131. The largest absolute Gasteiger partial charge is 0.478 e. The molecule has 0 saturated carbocycles. The molecule has 1 fully saturated rings. The molecule has 0 radical (unpaired) electrons. The van der Waals surface area contributed by atoms with Crippen LogP contribution in [-0.4, -0.2) is 52.2 Å². The highest BCUT2D eigenvalue weighted by Gasteiger charge is 2.27. The van der Waals surface area contributed by atoms with E-state index >= 15 is 0 Å². The third-order valence-electron chi connectivity index (χ3n) is 3.19. The summed E-state index contributed by atoms with van der Waals surface area (Å²) in [7, 11) is 0. The van der Waals surface area contributed by atoms with Crippen LogP contribution < -0.4 is 0 Å². The summed E-state index contributed by atoms with van der Waals surface area (Å²) in [5, 5.41) is 8.70. The molecule has 1 aromatic heterocycles. The third-order valence-corrected chi connectivity index (χ3v) is 3.19. The molecular formula is C15H18N2O4. The minimum absolute atomic E-state index is 0.0162. The van der Waals surface area contributed by atoms with Gasteiger partial charge >= 0.3 is 5.97 Å². The molecule has 0 aliphatic carbocycles. The Balaban J connectivity index is 2.24. The SMILES string of the molecule is CC1CN(C(=O)c2ccncc2C=CC(=O)O)CC(C)O1. The highest BCUT2D eigenvalue weighted by Crippen LogP contribution is 2.17. The summed E-state index contributed by atoms with van der Waals surface area (Å²) < 4.78 is 5.61. The summed E-state index contributed by atoms with van der Waals surface area (Å²) in [6, 6.07) is 1.61. The van der Waals surface area contributed by atoms with Crippen LogP contribution in [0.1, 0.15) is 29.8 Å². The van der Waals surface area contributed by atoms with E-state index in [4.69, 9.17) is 9.84 Å². The van der Waals surface area contributed by atoms with E-state index in [1.807, 2.05) is 13.8 Å². The Bertz CT molecular complexity index is 561. The lowest BCUT2D eigenvalue weighted by atomic mass is 10.1. The fourth-order valence-electron chi connectivity index (χ4n) is 2.41. The Morgan fingerprint density at radius 1 is 1.38 bits per heavy atom. The van der Waals surface area contributed by atoms with Gasteiger partial charge in [-0.15, -0.1) is 0 Å². The van der Waals surface area contributed by atoms with Crippen LogP contribution >= 0.6 is 0 Å². The van der Waals surface area contributed by atoms with E-state index in [9.17, 15) is 9.59 Å². The van der Waals surface area contributed by atoms with Crippen LogP contribution in [-0.2, 0) is 9.53 Å². The Hall–Kier alpha value is -2.21. The van der Waals surface area contributed by atoms with Gasteiger partial charge in [-0.1, -0.05) is 0 Å². The Labute approximate surface area is 123 Å². The summed E-state index contributed by atoms with van der Waals surface area (Å²) in [4.78, 5) is 28.9. The van der Waals surface area contributed by atoms with Gasteiger partial charge in [-0.05, 0) is 26.0 Å². The van der Waals surface area contributed by atoms with Gasteiger partial charge in [0.05, 0.1) is 12.2 Å². The first-order valence-corrected chi connectivity index (χ1v) is 6.77. The number of ether oxygens (including phenoxy) is 1. The molecule has 1 N–H and O–H groups in total. The number of aliphatic carboxylic acids is 1. The predicted molar refractivity (Wildman–Crippen MR) is 76.8 cm³/mol. The summed E-state index contributed by atoms with van der Waals surface area (Å²) >= 11 is 0. The van der Waals surface area contributed by atoms with Gasteiger partial charge in [-0.2, -0.15) is 0 Å². The maximum atomic E-state index is 12.6. The standard InChI is InChI=1S/C15H18N2O4/c1-10-8-17(9-11(2)21-10)15(20)13-5-6-16-7-12(13)3-4-14(18)19/h3-7,10-11H,8-9H2,1-2H3,(H,18,19). The van der Waals surface area contributed by atoms with Crippen molar-refractivity contribution in [2.24, 2.45) is 0 Å². The number of carboxylic acids is 1. The monoisotopic (exact) mass is 290 g/mol. The van der Waals surface area contributed by atoms with Crippen LogP contribution in [0.15, 0.2) is 24.5 Å². The molecule has 1 aromatic rings. The number of nitrogens with zero attached hydrogens (tertiary/aromatic N) is 2. The molecule has 0 bridgehead atoms. The molecule has 2 atom stereocenters. The van der Waals surface area contributed by atoms with Crippen molar-refractivity contribution in [3.63, 3.8) is 0 Å². The van der Waals surface area contributed by atoms with Crippen molar-refractivity contribution in [1.82, 2.24) is 9.88 Å². The summed E-state index contributed by atoms with van der Waals surface area (Å²) in [6.45, 7) is 4.89. The second kappa shape index (κ2) is 6.49. The fourth-order valence-corrected chi connectivity index (χ4v) is 2.41. The number of amides is 1. The molecule has 0 spiro atoms. The zero-order valence-corrected chi connectivity index (χ0v) is 12.0. The Morgan fingerprint density at radius 2 is 2.05 bits per heavy atom. The van der Waals surface area contributed by atoms with Crippen molar-refractivity contribution in [3.8, 4) is 0 Å². The lowest BCUT2D eigenvalue weighted by Crippen LogP contribution is -2.48. The van der Waals surface area contributed by atoms with E-state index in [1.54, 1.807) is 11.0 Å². The number of aromatic nitrogens is 1. The smallest absolute Gasteiger partial charge is 0.328 e. The molecule has 112 valence electrons. The van der Waals surface area contributed by atoms with Gasteiger partial charge in [-0.3, -0.25) is 9.78 Å². The number of carbonyl (C=O) groups is 2. The molecule has 1 amide bonds. The Kier molecular flexibility index (Phi) is 4.70. The van der Waals surface area contributed by atoms with Gasteiger partial charge in [0.15, 0.2) is 0 Å². The van der Waals surface area contributed by atoms with E-state index in [1.165, 1.54) is 18.5 Å². The molecule has 1 aliphatic heterocycles. The molecule has 2 unspecified atom stereocenters. The number of carboxylic acid groups (broad SMARTS) is 1. The van der Waals surface area contributed by atoms with Crippen molar-refractivity contribution in [2.45, 2.75) is 26.1 Å². The minimum atomic E-state index is -1.06. The highest BCUT2D eigenvalue weighted by molar-refractivity contribution is 5.98. The first-order valence-electron chi connectivity index (χ1n) is 6.77. The molecule has 6 nitrogen and oxygen atoms in total. The van der Waals surface area contributed by atoms with Gasteiger partial charge in [0, 0.05) is 42.7 Å². The molecule has 0 aromatic carbocycles. The second-order valence-corrected chi connectivity index (χ2v) is 5.10. The van der Waals surface area contributed by atoms with E-state index < -0.39 is 5.97 Å². The average molecular weight is 290 g/mol. The predicted octanol–water partition coefficient (Wildman–Crippen LogP) is 1.43. The van der Waals surface area contributed by atoms with E-state index in [2.05, 4.69) is 4.98 Å². The third kappa shape index (κ3) is 3.88. The molecule has 1 aliphatic rings. The summed E-state index contributed by atoms with van der Waals surface area (Å²) in [5.74, 6) is -1.20. The first-order chi connectivity index (χ1) is 9.97. The molecule has 1 saturated heterocycles. The van der Waals surface area contributed by atoms with Crippen LogP contribution in [0.25, 0.3) is 6.08 Å². The van der Waals surface area contributed by atoms with Gasteiger partial charge in [0.1, 0.15) is 0 Å². The number of morpholine rings is 1. The van der Waals surface area contributed by atoms with E-state index in [-0.39, 0.29) is 18.1 Å². The van der Waals surface area contributed by atoms with E-state index in [0.717, 1.165) is 6.08 Å². The quantitative estimate of drug-likeness (QED) is 0.852. The average Bonchev–Trinajstić information content (AvgIpc) is 2.43. The van der Waals surface area contributed by atoms with Crippen molar-refractivity contribution in [3.05, 3.63) is 35.7 Å². The van der Waals surface area contributed by atoms with Gasteiger partial charge in [0.2, 0.25) is 0 Å². The zero-order valence-electron chi connectivity index (χ0n) is 12.0. The van der Waals surface area contributed by atoms with Crippen LogP contribution in [0.5, 0.6) is 0 Å². The molecule has 2 heterocycles. The van der Waals surface area contributed by atoms with Crippen molar-refractivity contribution >= 4 is 18.0 Å². The zero-order chi connectivity index (χ0) is 15.4. The molecular weight excluding hydrogens is 272 g/mol. The van der Waals surface area contributed by atoms with Crippen molar-refractivity contribution in [1.29, 1.82) is 0 Å². The molecule has 2 rings (SSSR count). The summed E-state index contributed by atoms with van der Waals surface area (Å²) in [5.41, 5.74) is 0.945. The number of hydrogen-bond acceptors (Lipinski definition) is 4. The first kappa shape index (κ1) is 15.2. The van der Waals surface area contributed by atoms with Gasteiger partial charge in [0.25, 0.3) is 5.91 Å². The highest BCUT2D eigenvalue weighted by atomic mass is 16.5. The van der Waals surface area contributed by atoms with Crippen molar-refractivity contribution < 1.29 is 19.4 Å². The van der Waals surface area contributed by atoms with Gasteiger partial charge in [-0.25, -0.2) is 4.79 Å². The normalized spacial score (nSPS) is 22.5. The van der Waals surface area contributed by atoms with Gasteiger partial charge < -0.3 is 14.7 Å². The number of hydrogen-bond donors (Lipinski definition) is 1. The maximum absolute atomic E-state index is 12.6. The van der Waals surface area contributed by atoms with Crippen LogP contribution in [0.2, 0.25) is 0 Å². The topological polar surface area (TPSA) is 79.7 Å². The number of rotatable bonds is 3. The fraction of sp³-hybridized carbons (Fsp3) is 0.400. The lowest BCUT2D eigenvalue weighted by Gasteiger charge is -2.35. The molecule has 6 heteroatoms. The maximum Gasteiger partial charge on any atom is 0.328 e. The number of pyridine rings is 1. The van der Waals surface area contributed by atoms with Crippen LogP contribution in [0.3, 0.4) is 0 Å². The molecule has 21 heavy (non-hydrogen) atoms. The summed E-state index contributed by atoms with van der Waals surface area (Å²) in [6.07, 6.45) is 5.36.